The molecule has 0 aliphatic heterocycles. The normalized spacial score (nSPS) is 12.5. The lowest BCUT2D eigenvalue weighted by Gasteiger charge is -2.20. The summed E-state index contributed by atoms with van der Waals surface area (Å²) in [5.41, 5.74) is -0.619. The summed E-state index contributed by atoms with van der Waals surface area (Å²) >= 11 is 2.08. The van der Waals surface area contributed by atoms with Crippen molar-refractivity contribution in [2.24, 2.45) is 0 Å². The highest BCUT2D eigenvalue weighted by Crippen LogP contribution is 2.20. The minimum absolute atomic E-state index is 0.0140. The fourth-order valence-corrected chi connectivity index (χ4v) is 2.68. The van der Waals surface area contributed by atoms with Crippen LogP contribution in [-0.2, 0) is 11.2 Å². The minimum Gasteiger partial charge on any atom is -0.508 e. The van der Waals surface area contributed by atoms with Crippen LogP contribution in [0.5, 0.6) is 5.75 Å². The van der Waals surface area contributed by atoms with E-state index in [0.29, 0.717) is 11.3 Å². The van der Waals surface area contributed by atoms with Gasteiger partial charge in [0.1, 0.15) is 17.0 Å². The zero-order chi connectivity index (χ0) is 20.0. The van der Waals surface area contributed by atoms with E-state index in [0.717, 1.165) is 3.57 Å². The Morgan fingerprint density at radius 3 is 2.74 bits per heavy atom. The lowest BCUT2D eigenvalue weighted by atomic mass is 10.1. The first-order chi connectivity index (χ1) is 12.8. The second-order valence-corrected chi connectivity index (χ2v) is 7.23. The van der Waals surface area contributed by atoms with Gasteiger partial charge in [0.25, 0.3) is 5.91 Å². The molecular formula is C18H17IN4O4. The molecule has 1 aromatic carbocycles. The molecule has 9 heteroatoms. The van der Waals surface area contributed by atoms with Gasteiger partial charge in [-0.05, 0) is 59.8 Å². The second kappa shape index (κ2) is 8.79. The van der Waals surface area contributed by atoms with E-state index in [1.807, 2.05) is 6.07 Å². The Kier molecular flexibility index (Phi) is 6.70. The SMILES string of the molecule is CC(C#N)(CO)NC(=O)c1cc(NC(=O)Cc2cc(I)ccc2O)ccn1. The van der Waals surface area contributed by atoms with Gasteiger partial charge in [-0.2, -0.15) is 5.26 Å². The molecule has 27 heavy (non-hydrogen) atoms. The van der Waals surface area contributed by atoms with Crippen LogP contribution in [0.4, 0.5) is 5.69 Å². The molecule has 1 atom stereocenters. The van der Waals surface area contributed by atoms with Crippen LogP contribution in [0.1, 0.15) is 23.0 Å². The molecule has 2 rings (SSSR count). The Morgan fingerprint density at radius 1 is 1.33 bits per heavy atom. The van der Waals surface area contributed by atoms with Crippen LogP contribution in [-0.4, -0.2) is 39.2 Å². The van der Waals surface area contributed by atoms with E-state index in [9.17, 15) is 19.8 Å². The van der Waals surface area contributed by atoms with Crippen molar-refractivity contribution in [1.82, 2.24) is 10.3 Å². The van der Waals surface area contributed by atoms with Crippen LogP contribution in [0.3, 0.4) is 0 Å². The monoisotopic (exact) mass is 480 g/mol. The maximum Gasteiger partial charge on any atom is 0.271 e. The van der Waals surface area contributed by atoms with Crippen LogP contribution in [0.15, 0.2) is 36.5 Å². The number of aromatic hydroxyl groups is 1. The van der Waals surface area contributed by atoms with Gasteiger partial charge in [0, 0.05) is 21.0 Å². The Labute approximate surface area is 169 Å². The zero-order valence-corrected chi connectivity index (χ0v) is 16.5. The van der Waals surface area contributed by atoms with E-state index >= 15 is 0 Å². The number of aliphatic hydroxyl groups excluding tert-OH is 1. The van der Waals surface area contributed by atoms with Crippen LogP contribution < -0.4 is 10.6 Å². The number of amides is 2. The maximum absolute atomic E-state index is 12.2. The number of carbonyl (C=O) groups is 2. The van der Waals surface area contributed by atoms with Gasteiger partial charge >= 0.3 is 0 Å². The molecule has 0 aliphatic rings. The number of nitrogens with one attached hydrogen (secondary N) is 2. The van der Waals surface area contributed by atoms with E-state index in [4.69, 9.17) is 5.26 Å². The quantitative estimate of drug-likeness (QED) is 0.464. The second-order valence-electron chi connectivity index (χ2n) is 5.98. The van der Waals surface area contributed by atoms with E-state index in [-0.39, 0.29) is 23.8 Å². The van der Waals surface area contributed by atoms with Gasteiger partial charge < -0.3 is 20.8 Å². The van der Waals surface area contributed by atoms with Gasteiger partial charge in [-0.1, -0.05) is 0 Å². The molecular weight excluding hydrogens is 463 g/mol. The van der Waals surface area contributed by atoms with Gasteiger partial charge in [0.05, 0.1) is 19.1 Å². The molecule has 1 unspecified atom stereocenters. The van der Waals surface area contributed by atoms with Crippen molar-refractivity contribution in [3.05, 3.63) is 51.4 Å². The molecule has 0 saturated carbocycles. The predicted molar refractivity (Wildman–Crippen MR) is 106 cm³/mol. The van der Waals surface area contributed by atoms with Crippen LogP contribution in [0.2, 0.25) is 0 Å². The van der Waals surface area contributed by atoms with Crippen molar-refractivity contribution in [2.45, 2.75) is 18.9 Å². The molecule has 4 N–H and O–H groups in total. The lowest BCUT2D eigenvalue weighted by Crippen LogP contribution is -2.47. The number of phenols is 1. The molecule has 0 fully saturated rings. The van der Waals surface area contributed by atoms with Crippen LogP contribution >= 0.6 is 22.6 Å². The fourth-order valence-electron chi connectivity index (χ4n) is 2.12. The van der Waals surface area contributed by atoms with Crippen LogP contribution in [0.25, 0.3) is 0 Å². The first-order valence-corrected chi connectivity index (χ1v) is 8.92. The minimum atomic E-state index is -1.43. The van der Waals surface area contributed by atoms with E-state index in [1.54, 1.807) is 12.1 Å². The van der Waals surface area contributed by atoms with Gasteiger partial charge in [-0.25, -0.2) is 0 Å². The molecule has 1 heterocycles. The number of pyridine rings is 1. The number of hydrogen-bond donors (Lipinski definition) is 4. The summed E-state index contributed by atoms with van der Waals surface area (Å²) in [6, 6.07) is 9.64. The smallest absolute Gasteiger partial charge is 0.271 e. The topological polar surface area (TPSA) is 135 Å². The number of carbonyl (C=O) groups excluding carboxylic acids is 2. The zero-order valence-electron chi connectivity index (χ0n) is 14.4. The number of phenolic OH excluding ortho intramolecular Hbond substituents is 1. The lowest BCUT2D eigenvalue weighted by molar-refractivity contribution is -0.115. The highest BCUT2D eigenvalue weighted by Gasteiger charge is 2.26. The van der Waals surface area contributed by atoms with Gasteiger partial charge in [0.15, 0.2) is 0 Å². The number of halogens is 1. The fraction of sp³-hybridized carbons (Fsp3) is 0.222. The van der Waals surface area contributed by atoms with Crippen molar-refractivity contribution < 1.29 is 19.8 Å². The third-order valence-electron chi connectivity index (χ3n) is 3.62. The third-order valence-corrected chi connectivity index (χ3v) is 4.29. The standard InChI is InChI=1S/C18H17IN4O4/c1-18(9-20,10-24)23-17(27)14-8-13(4-5-21-14)22-16(26)7-11-6-12(19)2-3-15(11)25/h2-6,8,24-25H,7,10H2,1H3,(H,23,27)(H,21,22,26). The highest BCUT2D eigenvalue weighted by atomic mass is 127. The number of benzene rings is 1. The molecule has 2 aromatic rings. The number of nitriles is 1. The van der Waals surface area contributed by atoms with Crippen molar-refractivity contribution >= 4 is 40.1 Å². The van der Waals surface area contributed by atoms with Crippen molar-refractivity contribution in [3.8, 4) is 11.8 Å². The molecule has 0 aliphatic carbocycles. The molecule has 140 valence electrons. The summed E-state index contributed by atoms with van der Waals surface area (Å²) in [7, 11) is 0. The Balaban J connectivity index is 2.09. The summed E-state index contributed by atoms with van der Waals surface area (Å²) in [5, 5.41) is 33.1. The number of aromatic nitrogens is 1. The Morgan fingerprint density at radius 2 is 2.07 bits per heavy atom. The van der Waals surface area contributed by atoms with Gasteiger partial charge in [0.2, 0.25) is 5.91 Å². The predicted octanol–water partition coefficient (Wildman–Crippen LogP) is 1.58. The van der Waals surface area contributed by atoms with Crippen molar-refractivity contribution in [1.29, 1.82) is 5.26 Å². The van der Waals surface area contributed by atoms with E-state index in [1.165, 1.54) is 31.3 Å². The van der Waals surface area contributed by atoms with Crippen LogP contribution in [0, 0.1) is 14.9 Å². The third kappa shape index (κ3) is 5.63. The number of hydrogen-bond acceptors (Lipinski definition) is 6. The first-order valence-electron chi connectivity index (χ1n) is 7.84. The molecule has 0 saturated heterocycles. The number of anilines is 1. The number of aliphatic hydroxyl groups is 1. The molecule has 0 bridgehead atoms. The number of nitrogens with zero attached hydrogens (tertiary/aromatic N) is 2. The Hall–Kier alpha value is -2.71. The summed E-state index contributed by atoms with van der Waals surface area (Å²) in [6.07, 6.45) is 1.31. The average molecular weight is 480 g/mol. The number of rotatable bonds is 6. The molecule has 1 aromatic heterocycles. The van der Waals surface area contributed by atoms with Crippen molar-refractivity contribution in [3.63, 3.8) is 0 Å². The summed E-state index contributed by atoms with van der Waals surface area (Å²) in [5.74, 6) is -0.998. The maximum atomic E-state index is 12.2. The average Bonchev–Trinajstić information content (AvgIpc) is 2.64. The van der Waals surface area contributed by atoms with Crippen molar-refractivity contribution in [2.75, 3.05) is 11.9 Å². The van der Waals surface area contributed by atoms with E-state index in [2.05, 4.69) is 38.2 Å². The Bertz CT molecular complexity index is 912. The van der Waals surface area contributed by atoms with Gasteiger partial charge in [-0.3, -0.25) is 14.6 Å². The summed E-state index contributed by atoms with van der Waals surface area (Å²) in [6.45, 7) is 0.829. The first kappa shape index (κ1) is 20.6. The molecule has 0 spiro atoms. The van der Waals surface area contributed by atoms with E-state index < -0.39 is 18.1 Å². The highest BCUT2D eigenvalue weighted by molar-refractivity contribution is 14.1. The summed E-state index contributed by atoms with van der Waals surface area (Å²) < 4.78 is 0.889. The van der Waals surface area contributed by atoms with Gasteiger partial charge in [-0.15, -0.1) is 0 Å². The summed E-state index contributed by atoms with van der Waals surface area (Å²) in [4.78, 5) is 28.3. The molecule has 8 nitrogen and oxygen atoms in total. The largest absolute Gasteiger partial charge is 0.508 e. The molecule has 0 radical (unpaired) electrons. The molecule has 2 amide bonds.